The molecule has 1 atom stereocenters. The van der Waals surface area contributed by atoms with Crippen LogP contribution in [0.4, 0.5) is 0 Å². The maximum Gasteiger partial charge on any atom is 0.128 e. The minimum Gasteiger partial charge on any atom is -0.493 e. The number of fused-ring (bicyclic) bond motifs is 1. The van der Waals surface area contributed by atoms with E-state index in [-0.39, 0.29) is 6.10 Å². The second-order valence-corrected chi connectivity index (χ2v) is 7.00. The Hall–Kier alpha value is -1.24. The molecular formula is C20H23ClO4S. The summed E-state index contributed by atoms with van der Waals surface area (Å²) in [4.78, 5) is 0. The van der Waals surface area contributed by atoms with E-state index in [1.54, 1.807) is 7.11 Å². The number of rotatable bonds is 9. The number of methoxy groups -OCH3 is 1. The van der Waals surface area contributed by atoms with Gasteiger partial charge in [-0.25, -0.2) is 0 Å². The molecule has 1 unspecified atom stereocenters. The van der Waals surface area contributed by atoms with Crippen molar-refractivity contribution < 1.29 is 18.4 Å². The molecule has 0 spiro atoms. The van der Waals surface area contributed by atoms with Gasteiger partial charge in [-0.15, -0.1) is 0 Å². The van der Waals surface area contributed by atoms with Gasteiger partial charge in [0.1, 0.15) is 11.9 Å². The van der Waals surface area contributed by atoms with Gasteiger partial charge in [0.15, 0.2) is 0 Å². The van der Waals surface area contributed by atoms with Crippen LogP contribution in [0.2, 0.25) is 5.02 Å². The Balaban J connectivity index is 1.98. The zero-order chi connectivity index (χ0) is 18.4. The molecule has 3 rings (SSSR count). The average Bonchev–Trinajstić information content (AvgIpc) is 3.10. The molecular weight excluding hydrogens is 372 g/mol. The molecule has 0 fully saturated rings. The topological polar surface area (TPSA) is 36.9 Å². The normalized spacial score (nSPS) is 14.1. The molecule has 1 aliphatic rings. The van der Waals surface area contributed by atoms with E-state index in [4.69, 9.17) is 30.0 Å². The van der Waals surface area contributed by atoms with Gasteiger partial charge in [0.2, 0.25) is 0 Å². The van der Waals surface area contributed by atoms with Gasteiger partial charge in [-0.3, -0.25) is 0 Å². The predicted molar refractivity (Wildman–Crippen MR) is 105 cm³/mol. The monoisotopic (exact) mass is 394 g/mol. The van der Waals surface area contributed by atoms with E-state index >= 15 is 0 Å². The van der Waals surface area contributed by atoms with Crippen molar-refractivity contribution in [2.24, 2.45) is 0 Å². The van der Waals surface area contributed by atoms with Gasteiger partial charge in [0, 0.05) is 30.4 Å². The first-order chi connectivity index (χ1) is 12.7. The van der Waals surface area contributed by atoms with Crippen LogP contribution >= 0.6 is 23.6 Å². The predicted octanol–water partition coefficient (Wildman–Crippen LogP) is 4.82. The third-order valence-corrected chi connectivity index (χ3v) is 4.82. The van der Waals surface area contributed by atoms with Gasteiger partial charge < -0.3 is 18.4 Å². The van der Waals surface area contributed by atoms with Crippen LogP contribution in [-0.4, -0.2) is 33.2 Å². The molecule has 0 aromatic heterocycles. The Morgan fingerprint density at radius 3 is 2.88 bits per heavy atom. The van der Waals surface area contributed by atoms with E-state index in [9.17, 15) is 0 Å². The van der Waals surface area contributed by atoms with Gasteiger partial charge >= 0.3 is 0 Å². The Labute approximate surface area is 163 Å². The van der Waals surface area contributed by atoms with E-state index in [2.05, 4.69) is 12.1 Å². The highest BCUT2D eigenvalue weighted by Gasteiger charge is 2.25. The number of ether oxygens (including phenoxy) is 3. The van der Waals surface area contributed by atoms with E-state index in [1.807, 2.05) is 30.5 Å². The van der Waals surface area contributed by atoms with Crippen LogP contribution in [0, 0.1) is 0 Å². The molecule has 0 N–H and O–H groups in total. The van der Waals surface area contributed by atoms with Gasteiger partial charge in [0.05, 0.1) is 26.4 Å². The van der Waals surface area contributed by atoms with Crippen LogP contribution in [-0.2, 0) is 26.7 Å². The van der Waals surface area contributed by atoms with Crippen LogP contribution in [0.25, 0.3) is 0 Å². The lowest BCUT2D eigenvalue weighted by Gasteiger charge is -2.22. The number of hydrogen-bond donors (Lipinski definition) is 0. The lowest BCUT2D eigenvalue weighted by atomic mass is 9.95. The number of halogens is 1. The van der Waals surface area contributed by atoms with Crippen LogP contribution in [0.3, 0.4) is 0 Å². The summed E-state index contributed by atoms with van der Waals surface area (Å²) in [5.41, 5.74) is 4.32. The molecule has 140 valence electrons. The number of benzene rings is 2. The van der Waals surface area contributed by atoms with Gasteiger partial charge in [-0.1, -0.05) is 23.7 Å². The summed E-state index contributed by atoms with van der Waals surface area (Å²) in [7, 11) is 1.70. The first-order valence-corrected chi connectivity index (χ1v) is 10.1. The highest BCUT2D eigenvalue weighted by atomic mass is 35.5. The molecule has 0 bridgehead atoms. The van der Waals surface area contributed by atoms with Crippen molar-refractivity contribution in [2.45, 2.75) is 19.1 Å². The minimum atomic E-state index is -0.275. The Bertz CT molecular complexity index is 738. The zero-order valence-electron chi connectivity index (χ0n) is 15.0. The summed E-state index contributed by atoms with van der Waals surface area (Å²) in [5.74, 6) is 0.917. The lowest BCUT2D eigenvalue weighted by molar-refractivity contribution is 0.0590. The lowest BCUT2D eigenvalue weighted by Crippen LogP contribution is -2.12. The van der Waals surface area contributed by atoms with Crippen molar-refractivity contribution >= 4 is 23.6 Å². The van der Waals surface area contributed by atoms with Crippen molar-refractivity contribution in [3.05, 3.63) is 63.7 Å². The van der Waals surface area contributed by atoms with E-state index in [1.165, 1.54) is 17.6 Å². The fourth-order valence-corrected chi connectivity index (χ4v) is 3.60. The maximum atomic E-state index is 6.22. The van der Waals surface area contributed by atoms with E-state index < -0.39 is 0 Å². The molecule has 26 heavy (non-hydrogen) atoms. The molecule has 0 saturated heterocycles. The SMILES string of the molecule is COCc1cc2c(c(C(OCCOSC)c3cccc(Cl)c3)c1)OCC2. The summed E-state index contributed by atoms with van der Waals surface area (Å²) in [5, 5.41) is 0.682. The summed E-state index contributed by atoms with van der Waals surface area (Å²) >= 11 is 7.56. The standard InChI is InChI=1S/C20H23ClO4S/c1-22-13-14-10-16-6-7-23-20(16)18(11-14)19(24-8-9-25-26-2)15-4-3-5-17(21)12-15/h3-5,10-12,19H,6-9,13H2,1-2H3. The molecule has 1 heterocycles. The fraction of sp³-hybridized carbons (Fsp3) is 0.400. The molecule has 0 aliphatic carbocycles. The highest BCUT2D eigenvalue weighted by molar-refractivity contribution is 7.93. The fourth-order valence-electron chi connectivity index (χ4n) is 3.17. The average molecular weight is 395 g/mol. The first-order valence-electron chi connectivity index (χ1n) is 8.53. The second kappa shape index (κ2) is 9.62. The van der Waals surface area contributed by atoms with Gasteiger partial charge in [0.25, 0.3) is 0 Å². The summed E-state index contributed by atoms with van der Waals surface area (Å²) in [6, 6.07) is 12.0. The quantitative estimate of drug-likeness (QED) is 0.450. The van der Waals surface area contributed by atoms with E-state index in [0.29, 0.717) is 31.5 Å². The van der Waals surface area contributed by atoms with Crippen molar-refractivity contribution in [3.63, 3.8) is 0 Å². The molecule has 1 aliphatic heterocycles. The van der Waals surface area contributed by atoms with Gasteiger partial charge in [-0.05, 0) is 53.0 Å². The summed E-state index contributed by atoms with van der Waals surface area (Å²) in [6.07, 6.45) is 2.52. The molecule has 0 saturated carbocycles. The Kier molecular flexibility index (Phi) is 7.23. The van der Waals surface area contributed by atoms with Crippen molar-refractivity contribution in [1.29, 1.82) is 0 Å². The Morgan fingerprint density at radius 2 is 2.12 bits per heavy atom. The molecule has 4 nitrogen and oxygen atoms in total. The molecule has 2 aromatic rings. The second-order valence-electron chi connectivity index (χ2n) is 6.00. The van der Waals surface area contributed by atoms with Crippen LogP contribution in [0.1, 0.15) is 28.4 Å². The van der Waals surface area contributed by atoms with Crippen LogP contribution in [0.15, 0.2) is 36.4 Å². The third kappa shape index (κ3) is 4.72. The van der Waals surface area contributed by atoms with Crippen molar-refractivity contribution in [2.75, 3.05) is 33.2 Å². The van der Waals surface area contributed by atoms with Gasteiger partial charge in [-0.2, -0.15) is 0 Å². The molecule has 2 aromatic carbocycles. The largest absolute Gasteiger partial charge is 0.493 e. The first kappa shape index (κ1) is 19.5. The minimum absolute atomic E-state index is 0.275. The van der Waals surface area contributed by atoms with E-state index in [0.717, 1.165) is 28.9 Å². The molecule has 0 radical (unpaired) electrons. The van der Waals surface area contributed by atoms with Crippen LogP contribution < -0.4 is 4.74 Å². The highest BCUT2D eigenvalue weighted by Crippen LogP contribution is 2.39. The zero-order valence-corrected chi connectivity index (χ0v) is 16.6. The third-order valence-electron chi connectivity index (χ3n) is 4.19. The molecule has 0 amide bonds. The summed E-state index contributed by atoms with van der Waals surface area (Å²) < 4.78 is 22.8. The van der Waals surface area contributed by atoms with Crippen LogP contribution in [0.5, 0.6) is 5.75 Å². The van der Waals surface area contributed by atoms with Crippen molar-refractivity contribution in [1.82, 2.24) is 0 Å². The summed E-state index contributed by atoms with van der Waals surface area (Å²) in [6.45, 7) is 2.23. The number of hydrogen-bond acceptors (Lipinski definition) is 5. The smallest absolute Gasteiger partial charge is 0.128 e. The van der Waals surface area contributed by atoms with Crippen molar-refractivity contribution in [3.8, 4) is 5.75 Å². The maximum absolute atomic E-state index is 6.22. The molecule has 6 heteroatoms. The Morgan fingerprint density at radius 1 is 1.23 bits per heavy atom.